The molecule has 2 saturated heterocycles. The molecule has 5 rings (SSSR count). The molecule has 2 aromatic heterocycles. The van der Waals surface area contributed by atoms with E-state index >= 15 is 0 Å². The highest BCUT2D eigenvalue weighted by molar-refractivity contribution is 6.03. The lowest BCUT2D eigenvalue weighted by Crippen LogP contribution is -2.41. The molecule has 1 N–H and O–H groups in total. The van der Waals surface area contributed by atoms with Crippen molar-refractivity contribution in [3.05, 3.63) is 54.0 Å². The van der Waals surface area contributed by atoms with Gasteiger partial charge in [-0.15, -0.1) is 0 Å². The van der Waals surface area contributed by atoms with Crippen LogP contribution in [0.15, 0.2) is 42.6 Å². The first-order valence-electron chi connectivity index (χ1n) is 13.2. The molecule has 2 aliphatic rings. The number of morpholine rings is 1. The maximum Gasteiger partial charge on any atom is 0.433 e. The van der Waals surface area contributed by atoms with Gasteiger partial charge in [0.15, 0.2) is 0 Å². The number of hydrogen-bond acceptors (Lipinski definition) is 6. The Kier molecular flexibility index (Phi) is 8.12. The van der Waals surface area contributed by atoms with Crippen LogP contribution >= 0.6 is 0 Å². The summed E-state index contributed by atoms with van der Waals surface area (Å²) in [6.07, 6.45) is 0.234. The number of anilines is 1. The van der Waals surface area contributed by atoms with Crippen molar-refractivity contribution in [1.29, 1.82) is 0 Å². The molecule has 0 unspecified atom stereocenters. The minimum atomic E-state index is -4.64. The molecular weight excluding hydrogens is 513 g/mol. The number of carbonyl (C=O) groups is 2. The van der Waals surface area contributed by atoms with Gasteiger partial charge in [-0.3, -0.25) is 19.2 Å². The van der Waals surface area contributed by atoms with Crippen LogP contribution in [0.1, 0.15) is 35.4 Å². The van der Waals surface area contributed by atoms with Gasteiger partial charge in [0.05, 0.1) is 18.7 Å². The van der Waals surface area contributed by atoms with Crippen LogP contribution in [0.5, 0.6) is 0 Å². The van der Waals surface area contributed by atoms with Crippen molar-refractivity contribution in [3.8, 4) is 0 Å². The van der Waals surface area contributed by atoms with Crippen molar-refractivity contribution in [2.75, 3.05) is 51.3 Å². The molecule has 0 atom stereocenters. The number of benzene rings is 1. The van der Waals surface area contributed by atoms with Crippen LogP contribution in [0.25, 0.3) is 10.9 Å². The summed E-state index contributed by atoms with van der Waals surface area (Å²) in [7, 11) is 0. The Morgan fingerprint density at radius 1 is 1.05 bits per heavy atom. The highest BCUT2D eigenvalue weighted by atomic mass is 19.4. The van der Waals surface area contributed by atoms with Gasteiger partial charge in [-0.2, -0.15) is 18.3 Å². The summed E-state index contributed by atoms with van der Waals surface area (Å²) in [4.78, 5) is 33.2. The van der Waals surface area contributed by atoms with Crippen molar-refractivity contribution in [2.24, 2.45) is 5.92 Å². The maximum atomic E-state index is 12.9. The molecule has 208 valence electrons. The van der Waals surface area contributed by atoms with Gasteiger partial charge in [-0.25, -0.2) is 4.98 Å². The van der Waals surface area contributed by atoms with E-state index in [1.807, 2.05) is 4.90 Å². The quantitative estimate of drug-likeness (QED) is 0.488. The predicted molar refractivity (Wildman–Crippen MR) is 138 cm³/mol. The van der Waals surface area contributed by atoms with Crippen molar-refractivity contribution >= 4 is 28.4 Å². The standard InChI is InChI=1S/C27H31F3N6O3/c28-27(29,30)24-3-1-2-23(32-24)26(38)31-21-4-5-22-20(16-21)17-36(33-22)18-25(37)35-10-7-19(8-11-35)6-9-34-12-14-39-15-13-34/h1-5,16-17,19H,6-15,18H2,(H,31,38). The first-order valence-corrected chi connectivity index (χ1v) is 13.2. The van der Waals surface area contributed by atoms with E-state index in [9.17, 15) is 22.8 Å². The molecule has 0 spiro atoms. The van der Waals surface area contributed by atoms with E-state index in [1.165, 1.54) is 6.07 Å². The molecule has 9 nitrogen and oxygen atoms in total. The van der Waals surface area contributed by atoms with Crippen LogP contribution in [-0.4, -0.2) is 82.3 Å². The molecule has 12 heteroatoms. The summed E-state index contributed by atoms with van der Waals surface area (Å²) in [6, 6.07) is 8.13. The minimum Gasteiger partial charge on any atom is -0.379 e. The third-order valence-electron chi connectivity index (χ3n) is 7.30. The average molecular weight is 545 g/mol. The number of hydrogen-bond donors (Lipinski definition) is 1. The number of carbonyl (C=O) groups excluding carboxylic acids is 2. The van der Waals surface area contributed by atoms with Crippen LogP contribution in [-0.2, 0) is 22.3 Å². The minimum absolute atomic E-state index is 0.0126. The lowest BCUT2D eigenvalue weighted by molar-refractivity contribution is -0.141. The molecule has 2 amide bonds. The number of piperidine rings is 1. The van der Waals surface area contributed by atoms with Crippen LogP contribution < -0.4 is 5.32 Å². The third-order valence-corrected chi connectivity index (χ3v) is 7.30. The molecule has 0 radical (unpaired) electrons. The zero-order chi connectivity index (χ0) is 27.4. The van der Waals surface area contributed by atoms with Gasteiger partial charge in [0.25, 0.3) is 5.91 Å². The topological polar surface area (TPSA) is 92.6 Å². The summed E-state index contributed by atoms with van der Waals surface area (Å²) < 4.78 is 45.8. The summed E-state index contributed by atoms with van der Waals surface area (Å²) in [5.41, 5.74) is -0.443. The smallest absolute Gasteiger partial charge is 0.379 e. The molecule has 0 aliphatic carbocycles. The van der Waals surface area contributed by atoms with Crippen LogP contribution in [0.4, 0.5) is 18.9 Å². The fourth-order valence-electron chi connectivity index (χ4n) is 5.05. The number of amides is 2. The molecule has 2 aliphatic heterocycles. The number of pyridine rings is 1. The second-order valence-electron chi connectivity index (χ2n) is 10.0. The number of rotatable bonds is 7. The predicted octanol–water partition coefficient (Wildman–Crippen LogP) is 3.66. The van der Waals surface area contributed by atoms with Gasteiger partial charge < -0.3 is 15.0 Å². The molecule has 2 fully saturated rings. The summed E-state index contributed by atoms with van der Waals surface area (Å²) in [6.45, 7) is 6.29. The molecule has 3 aromatic rings. The van der Waals surface area contributed by atoms with Gasteiger partial charge in [0.2, 0.25) is 5.91 Å². The number of halogens is 3. The summed E-state index contributed by atoms with van der Waals surface area (Å²) in [5, 5.41) is 7.73. The molecule has 1 aromatic carbocycles. The lowest BCUT2D eigenvalue weighted by Gasteiger charge is -2.34. The highest BCUT2D eigenvalue weighted by Crippen LogP contribution is 2.28. The summed E-state index contributed by atoms with van der Waals surface area (Å²) >= 11 is 0. The van der Waals surface area contributed by atoms with E-state index in [4.69, 9.17) is 4.74 Å². The monoisotopic (exact) mass is 544 g/mol. The van der Waals surface area contributed by atoms with Crippen LogP contribution in [0, 0.1) is 5.92 Å². The Bertz CT molecular complexity index is 1310. The fraction of sp³-hybridized carbons (Fsp3) is 0.481. The van der Waals surface area contributed by atoms with Crippen molar-refractivity contribution in [2.45, 2.75) is 32.0 Å². The van der Waals surface area contributed by atoms with E-state index in [0.717, 1.165) is 77.3 Å². The molecule has 39 heavy (non-hydrogen) atoms. The number of nitrogens with one attached hydrogen (secondary N) is 1. The maximum absolute atomic E-state index is 12.9. The van der Waals surface area contributed by atoms with Gasteiger partial charge in [-0.1, -0.05) is 6.07 Å². The van der Waals surface area contributed by atoms with Crippen molar-refractivity contribution < 1.29 is 27.5 Å². The van der Waals surface area contributed by atoms with Crippen molar-refractivity contribution in [1.82, 2.24) is 24.6 Å². The third kappa shape index (κ3) is 6.93. The second kappa shape index (κ2) is 11.7. The average Bonchev–Trinajstić information content (AvgIpc) is 3.34. The first-order chi connectivity index (χ1) is 18.7. The highest BCUT2D eigenvalue weighted by Gasteiger charge is 2.33. The Labute approximate surface area is 223 Å². The van der Waals surface area contributed by atoms with Gasteiger partial charge in [0, 0.05) is 43.4 Å². The van der Waals surface area contributed by atoms with E-state index in [0.29, 0.717) is 22.5 Å². The molecular formula is C27H31F3N6O3. The molecule has 0 bridgehead atoms. The Morgan fingerprint density at radius 3 is 2.56 bits per heavy atom. The number of likely N-dealkylation sites (tertiary alicyclic amines) is 1. The largest absolute Gasteiger partial charge is 0.433 e. The number of ether oxygens (including phenoxy) is 1. The van der Waals surface area contributed by atoms with E-state index in [-0.39, 0.29) is 18.1 Å². The number of nitrogens with zero attached hydrogens (tertiary/aromatic N) is 5. The van der Waals surface area contributed by atoms with Gasteiger partial charge in [-0.05, 0) is 62.1 Å². The zero-order valence-corrected chi connectivity index (χ0v) is 21.5. The molecule has 4 heterocycles. The summed E-state index contributed by atoms with van der Waals surface area (Å²) in [5.74, 6) is -0.112. The second-order valence-corrected chi connectivity index (χ2v) is 10.0. The normalized spacial score (nSPS) is 17.5. The Morgan fingerprint density at radius 2 is 1.82 bits per heavy atom. The van der Waals surface area contributed by atoms with Gasteiger partial charge in [0.1, 0.15) is 17.9 Å². The lowest BCUT2D eigenvalue weighted by atomic mass is 9.93. The SMILES string of the molecule is O=C(Nc1ccc2nn(CC(=O)N3CCC(CCN4CCOCC4)CC3)cc2c1)c1cccc(C(F)(F)F)n1. The van der Waals surface area contributed by atoms with E-state index in [1.54, 1.807) is 29.1 Å². The van der Waals surface area contributed by atoms with E-state index < -0.39 is 17.8 Å². The van der Waals surface area contributed by atoms with Crippen molar-refractivity contribution in [3.63, 3.8) is 0 Å². The van der Waals surface area contributed by atoms with Gasteiger partial charge >= 0.3 is 6.18 Å². The zero-order valence-electron chi connectivity index (χ0n) is 21.5. The Hall–Kier alpha value is -3.51. The van der Waals surface area contributed by atoms with Crippen LogP contribution in [0.2, 0.25) is 0 Å². The Balaban J connectivity index is 1.14. The number of alkyl halides is 3. The fourth-order valence-corrected chi connectivity index (χ4v) is 5.05. The number of aromatic nitrogens is 3. The van der Waals surface area contributed by atoms with Crippen LogP contribution in [0.3, 0.4) is 0 Å². The number of fused-ring (bicyclic) bond motifs is 1. The van der Waals surface area contributed by atoms with E-state index in [2.05, 4.69) is 20.3 Å². The first kappa shape index (κ1) is 27.1. The molecule has 0 saturated carbocycles.